The molecule has 1 saturated heterocycles. The van der Waals surface area contributed by atoms with E-state index >= 15 is 0 Å². The smallest absolute Gasteiger partial charge is 0.121 e. The van der Waals surface area contributed by atoms with Crippen LogP contribution in [0.5, 0.6) is 0 Å². The Morgan fingerprint density at radius 3 is 2.42 bits per heavy atom. The van der Waals surface area contributed by atoms with Crippen LogP contribution in [0.1, 0.15) is 24.4 Å². The van der Waals surface area contributed by atoms with Crippen molar-refractivity contribution < 1.29 is 0 Å². The lowest BCUT2D eigenvalue weighted by Gasteiger charge is -2.37. The molecule has 0 aliphatic carbocycles. The van der Waals surface area contributed by atoms with Crippen LogP contribution in [0, 0.1) is 0 Å². The molecule has 24 heavy (non-hydrogen) atoms. The van der Waals surface area contributed by atoms with E-state index in [-0.39, 0.29) is 0 Å². The first-order valence-corrected chi connectivity index (χ1v) is 8.74. The van der Waals surface area contributed by atoms with Gasteiger partial charge in [0.1, 0.15) is 5.82 Å². The lowest BCUT2D eigenvalue weighted by Crippen LogP contribution is -2.46. The number of hydrogen-bond donors (Lipinski definition) is 1. The van der Waals surface area contributed by atoms with Gasteiger partial charge in [-0.15, -0.1) is 0 Å². The highest BCUT2D eigenvalue weighted by atomic mass is 15.3. The van der Waals surface area contributed by atoms with E-state index in [1.54, 1.807) is 0 Å². The fourth-order valence-electron chi connectivity index (χ4n) is 3.54. The Balaban J connectivity index is 1.36. The number of nitrogens with zero attached hydrogens (tertiary/aromatic N) is 3. The highest BCUT2D eigenvalue weighted by Gasteiger charge is 2.22. The number of nitrogens with one attached hydrogen (secondary N) is 1. The summed E-state index contributed by atoms with van der Waals surface area (Å²) in [5.74, 6) is 1.07. The molecule has 1 N–H and O–H groups in total. The van der Waals surface area contributed by atoms with Gasteiger partial charge in [-0.2, -0.15) is 0 Å². The van der Waals surface area contributed by atoms with Gasteiger partial charge in [0.15, 0.2) is 0 Å². The molecule has 0 bridgehead atoms. The minimum Gasteiger partial charge on any atom is -0.341 e. The predicted octanol–water partition coefficient (Wildman–Crippen LogP) is 3.44. The van der Waals surface area contributed by atoms with Crippen molar-refractivity contribution in [1.29, 1.82) is 0 Å². The van der Waals surface area contributed by atoms with Gasteiger partial charge in [-0.1, -0.05) is 42.5 Å². The zero-order valence-corrected chi connectivity index (χ0v) is 14.2. The Bertz CT molecular complexity index is 755. The van der Waals surface area contributed by atoms with E-state index < -0.39 is 0 Å². The van der Waals surface area contributed by atoms with Crippen molar-refractivity contribution >= 4 is 11.0 Å². The van der Waals surface area contributed by atoms with Crippen LogP contribution in [0.2, 0.25) is 0 Å². The first kappa shape index (κ1) is 15.4. The van der Waals surface area contributed by atoms with Crippen molar-refractivity contribution in [2.75, 3.05) is 26.2 Å². The third kappa shape index (κ3) is 3.21. The number of piperazine rings is 1. The molecule has 1 fully saturated rings. The molecule has 1 atom stereocenters. The number of imidazole rings is 1. The number of fused-ring (bicyclic) bond motifs is 1. The Labute approximate surface area is 143 Å². The molecule has 4 heteroatoms. The van der Waals surface area contributed by atoms with E-state index in [2.05, 4.69) is 64.2 Å². The highest BCUT2D eigenvalue weighted by molar-refractivity contribution is 5.74. The molecule has 4 nitrogen and oxygen atoms in total. The van der Waals surface area contributed by atoms with Crippen molar-refractivity contribution in [2.45, 2.75) is 19.5 Å². The van der Waals surface area contributed by atoms with Crippen molar-refractivity contribution in [3.05, 3.63) is 66.0 Å². The lowest BCUT2D eigenvalue weighted by atomic mass is 10.1. The molecule has 4 rings (SSSR count). The summed E-state index contributed by atoms with van der Waals surface area (Å²) in [7, 11) is 0. The van der Waals surface area contributed by atoms with Gasteiger partial charge in [-0.3, -0.25) is 9.80 Å². The monoisotopic (exact) mass is 320 g/mol. The van der Waals surface area contributed by atoms with Gasteiger partial charge >= 0.3 is 0 Å². The second kappa shape index (κ2) is 6.75. The SMILES string of the molecule is C[C@@H](c1ccccc1)N1CCN(Cc2nc3ccccc3[nH]2)CC1. The maximum absolute atomic E-state index is 4.70. The minimum absolute atomic E-state index is 0.486. The van der Waals surface area contributed by atoms with E-state index in [1.165, 1.54) is 5.56 Å². The average molecular weight is 320 g/mol. The molecule has 0 amide bonds. The normalized spacial score (nSPS) is 18.0. The number of hydrogen-bond acceptors (Lipinski definition) is 3. The average Bonchev–Trinajstić information content (AvgIpc) is 3.05. The number of H-pyrrole nitrogens is 1. The molecule has 2 heterocycles. The molecule has 0 spiro atoms. The second-order valence-corrected chi connectivity index (χ2v) is 6.60. The Morgan fingerprint density at radius 1 is 0.958 bits per heavy atom. The van der Waals surface area contributed by atoms with Crippen LogP contribution in [-0.4, -0.2) is 45.9 Å². The molecule has 0 saturated carbocycles. The number of aromatic amines is 1. The molecule has 0 unspecified atom stereocenters. The lowest BCUT2D eigenvalue weighted by molar-refractivity contribution is 0.0964. The number of rotatable bonds is 4. The number of para-hydroxylation sites is 2. The molecule has 2 aromatic carbocycles. The van der Waals surface area contributed by atoms with Gasteiger partial charge in [0.05, 0.1) is 17.6 Å². The van der Waals surface area contributed by atoms with E-state index in [0.717, 1.165) is 49.6 Å². The largest absolute Gasteiger partial charge is 0.341 e. The summed E-state index contributed by atoms with van der Waals surface area (Å²) >= 11 is 0. The molecule has 0 radical (unpaired) electrons. The van der Waals surface area contributed by atoms with Gasteiger partial charge in [0, 0.05) is 32.2 Å². The van der Waals surface area contributed by atoms with Crippen LogP contribution in [0.15, 0.2) is 54.6 Å². The van der Waals surface area contributed by atoms with Gasteiger partial charge in [0.25, 0.3) is 0 Å². The second-order valence-electron chi connectivity index (χ2n) is 6.60. The van der Waals surface area contributed by atoms with Gasteiger partial charge < -0.3 is 4.98 Å². The summed E-state index contributed by atoms with van der Waals surface area (Å²) in [5.41, 5.74) is 3.59. The van der Waals surface area contributed by atoms with Crippen molar-refractivity contribution in [2.24, 2.45) is 0 Å². The molecule has 124 valence electrons. The summed E-state index contributed by atoms with van der Waals surface area (Å²) in [4.78, 5) is 13.2. The van der Waals surface area contributed by atoms with Crippen molar-refractivity contribution in [3.8, 4) is 0 Å². The number of benzene rings is 2. The summed E-state index contributed by atoms with van der Waals surface area (Å²) in [6.45, 7) is 7.61. The first-order chi connectivity index (χ1) is 11.8. The van der Waals surface area contributed by atoms with Gasteiger partial charge in [-0.25, -0.2) is 4.98 Å². The summed E-state index contributed by atoms with van der Waals surface area (Å²) in [6.07, 6.45) is 0. The predicted molar refractivity (Wildman–Crippen MR) is 97.8 cm³/mol. The fraction of sp³-hybridized carbons (Fsp3) is 0.350. The molecule has 1 aromatic heterocycles. The quantitative estimate of drug-likeness (QED) is 0.800. The van der Waals surface area contributed by atoms with E-state index in [4.69, 9.17) is 4.98 Å². The topological polar surface area (TPSA) is 35.2 Å². The summed E-state index contributed by atoms with van der Waals surface area (Å²) < 4.78 is 0. The van der Waals surface area contributed by atoms with Crippen molar-refractivity contribution in [3.63, 3.8) is 0 Å². The summed E-state index contributed by atoms with van der Waals surface area (Å²) in [6, 6.07) is 19.5. The van der Waals surface area contributed by atoms with E-state index in [9.17, 15) is 0 Å². The van der Waals surface area contributed by atoms with Crippen LogP contribution < -0.4 is 0 Å². The third-order valence-electron chi connectivity index (χ3n) is 5.05. The van der Waals surface area contributed by atoms with Crippen LogP contribution in [0.4, 0.5) is 0 Å². The van der Waals surface area contributed by atoms with Crippen LogP contribution in [0.3, 0.4) is 0 Å². The van der Waals surface area contributed by atoms with Gasteiger partial charge in [-0.05, 0) is 24.6 Å². The number of aromatic nitrogens is 2. The molecular formula is C20H24N4. The standard InChI is InChI=1S/C20H24N4/c1-16(17-7-3-2-4-8-17)24-13-11-23(12-14-24)15-20-21-18-9-5-6-10-19(18)22-20/h2-10,16H,11-15H2,1H3,(H,21,22)/t16-/m0/s1. The molecular weight excluding hydrogens is 296 g/mol. The zero-order chi connectivity index (χ0) is 16.4. The molecule has 1 aliphatic rings. The maximum atomic E-state index is 4.70. The van der Waals surface area contributed by atoms with Gasteiger partial charge in [0.2, 0.25) is 0 Å². The van der Waals surface area contributed by atoms with E-state index in [0.29, 0.717) is 6.04 Å². The van der Waals surface area contributed by atoms with Crippen LogP contribution in [-0.2, 0) is 6.54 Å². The van der Waals surface area contributed by atoms with Crippen LogP contribution in [0.25, 0.3) is 11.0 Å². The Kier molecular flexibility index (Phi) is 4.32. The third-order valence-corrected chi connectivity index (χ3v) is 5.05. The molecule has 3 aromatic rings. The Hall–Kier alpha value is -2.17. The first-order valence-electron chi connectivity index (χ1n) is 8.74. The van der Waals surface area contributed by atoms with E-state index in [1.807, 2.05) is 12.1 Å². The van der Waals surface area contributed by atoms with Crippen molar-refractivity contribution in [1.82, 2.24) is 19.8 Å². The maximum Gasteiger partial charge on any atom is 0.121 e. The zero-order valence-electron chi connectivity index (χ0n) is 14.2. The van der Waals surface area contributed by atoms with Crippen LogP contribution >= 0.6 is 0 Å². The Morgan fingerprint density at radius 2 is 1.67 bits per heavy atom. The highest BCUT2D eigenvalue weighted by Crippen LogP contribution is 2.21. The summed E-state index contributed by atoms with van der Waals surface area (Å²) in [5, 5.41) is 0. The minimum atomic E-state index is 0.486. The fourth-order valence-corrected chi connectivity index (χ4v) is 3.54. The molecule has 1 aliphatic heterocycles.